The third kappa shape index (κ3) is 1.63. The molecule has 0 amide bonds. The van der Waals surface area contributed by atoms with Crippen LogP contribution in [0.25, 0.3) is 0 Å². The molecule has 0 aromatic heterocycles. The van der Waals surface area contributed by atoms with Crippen LogP contribution in [0.2, 0.25) is 0 Å². The second-order valence-electron chi connectivity index (χ2n) is 1.88. The van der Waals surface area contributed by atoms with Gasteiger partial charge in [-0.05, 0) is 0 Å². The Hall–Kier alpha value is -0.500. The lowest BCUT2D eigenvalue weighted by Gasteiger charge is -2.23. The van der Waals surface area contributed by atoms with Gasteiger partial charge in [0, 0.05) is 0 Å². The number of thiocarbonyl (C=S) groups is 2. The van der Waals surface area contributed by atoms with E-state index >= 15 is 0 Å². The van der Waals surface area contributed by atoms with Gasteiger partial charge in [0.2, 0.25) is 0 Å². The SMILES string of the molecule is NC(=S)C(F)(F)C(F)(F)C(N)=S. The first kappa shape index (κ1) is 11.5. The van der Waals surface area contributed by atoms with Crippen LogP contribution in [0.15, 0.2) is 0 Å². The Balaban J connectivity index is 5.01. The molecular weight excluding hydrogens is 216 g/mol. The maximum absolute atomic E-state index is 12.4. The van der Waals surface area contributed by atoms with Crippen LogP contribution in [0, 0.1) is 0 Å². The van der Waals surface area contributed by atoms with E-state index in [9.17, 15) is 17.6 Å². The second-order valence-corrected chi connectivity index (χ2v) is 2.76. The van der Waals surface area contributed by atoms with Gasteiger partial charge in [-0.3, -0.25) is 0 Å². The average molecular weight is 220 g/mol. The number of hydrogen-bond acceptors (Lipinski definition) is 2. The first-order chi connectivity index (χ1) is 5.14. The van der Waals surface area contributed by atoms with Crippen molar-refractivity contribution in [2.24, 2.45) is 11.5 Å². The van der Waals surface area contributed by atoms with Crippen LogP contribution in [-0.2, 0) is 0 Å². The molecule has 0 heterocycles. The molecule has 0 atom stereocenters. The Kier molecular flexibility index (Phi) is 2.97. The first-order valence-electron chi connectivity index (χ1n) is 2.49. The fraction of sp³-hybridized carbons (Fsp3) is 0.500. The van der Waals surface area contributed by atoms with Crippen molar-refractivity contribution in [3.8, 4) is 0 Å². The lowest BCUT2D eigenvalue weighted by Crippen LogP contribution is -2.56. The van der Waals surface area contributed by atoms with Crippen LogP contribution >= 0.6 is 24.4 Å². The summed E-state index contributed by atoms with van der Waals surface area (Å²) in [6.07, 6.45) is 0. The predicted octanol–water partition coefficient (Wildman–Crippen LogP) is 0.829. The van der Waals surface area contributed by atoms with Crippen LogP contribution in [0.4, 0.5) is 17.6 Å². The summed E-state index contributed by atoms with van der Waals surface area (Å²) < 4.78 is 49.6. The van der Waals surface area contributed by atoms with Crippen LogP contribution < -0.4 is 11.5 Å². The zero-order valence-electron chi connectivity index (χ0n) is 5.48. The maximum atomic E-state index is 12.4. The summed E-state index contributed by atoms with van der Waals surface area (Å²) in [5, 5.41) is 0. The minimum atomic E-state index is -4.67. The molecule has 70 valence electrons. The molecular formula is C4H4F4N2S2. The van der Waals surface area contributed by atoms with E-state index in [1.54, 1.807) is 0 Å². The molecule has 4 N–H and O–H groups in total. The van der Waals surface area contributed by atoms with Gasteiger partial charge in [0.05, 0.1) is 0 Å². The van der Waals surface area contributed by atoms with Crippen molar-refractivity contribution in [3.63, 3.8) is 0 Å². The zero-order valence-corrected chi connectivity index (χ0v) is 7.12. The van der Waals surface area contributed by atoms with Crippen LogP contribution in [0.1, 0.15) is 0 Å². The van der Waals surface area contributed by atoms with Gasteiger partial charge in [-0.2, -0.15) is 17.6 Å². The monoisotopic (exact) mass is 220 g/mol. The molecule has 8 heteroatoms. The van der Waals surface area contributed by atoms with Gasteiger partial charge in [-0.25, -0.2) is 0 Å². The van der Waals surface area contributed by atoms with Crippen LogP contribution in [-0.4, -0.2) is 21.8 Å². The normalized spacial score (nSPS) is 12.7. The number of halogens is 4. The highest BCUT2D eigenvalue weighted by molar-refractivity contribution is 7.81. The minimum absolute atomic E-state index is 1.64. The van der Waals surface area contributed by atoms with E-state index in [1.165, 1.54) is 0 Å². The summed E-state index contributed by atoms with van der Waals surface area (Å²) in [7, 11) is 0. The van der Waals surface area contributed by atoms with E-state index in [-0.39, 0.29) is 0 Å². The molecule has 0 spiro atoms. The summed E-state index contributed by atoms with van der Waals surface area (Å²) in [4.78, 5) is -3.28. The molecule has 0 bridgehead atoms. The standard InChI is InChI=1S/C4H4F4N2S2/c5-3(6,1(9)11)4(7,8)2(10)12/h(H2,9,11)(H2,10,12). The van der Waals surface area contributed by atoms with Crippen molar-refractivity contribution in [2.75, 3.05) is 0 Å². The van der Waals surface area contributed by atoms with Crippen molar-refractivity contribution in [1.29, 1.82) is 0 Å². The molecule has 0 fully saturated rings. The van der Waals surface area contributed by atoms with E-state index in [0.717, 1.165) is 0 Å². The van der Waals surface area contributed by atoms with Gasteiger partial charge < -0.3 is 11.5 Å². The van der Waals surface area contributed by atoms with Gasteiger partial charge in [0.25, 0.3) is 0 Å². The van der Waals surface area contributed by atoms with E-state index in [2.05, 4.69) is 35.9 Å². The molecule has 0 radical (unpaired) electrons. The van der Waals surface area contributed by atoms with E-state index in [0.29, 0.717) is 0 Å². The van der Waals surface area contributed by atoms with Crippen molar-refractivity contribution in [1.82, 2.24) is 0 Å². The molecule has 0 saturated carbocycles. The topological polar surface area (TPSA) is 52.0 Å². The van der Waals surface area contributed by atoms with Crippen molar-refractivity contribution in [2.45, 2.75) is 11.8 Å². The van der Waals surface area contributed by atoms with Crippen molar-refractivity contribution < 1.29 is 17.6 Å². The third-order valence-electron chi connectivity index (χ3n) is 1.01. The summed E-state index contributed by atoms with van der Waals surface area (Å²) >= 11 is 7.46. The summed E-state index contributed by atoms with van der Waals surface area (Å²) in [5.74, 6) is -9.34. The van der Waals surface area contributed by atoms with Gasteiger partial charge in [-0.15, -0.1) is 0 Å². The molecule has 0 saturated heterocycles. The van der Waals surface area contributed by atoms with Crippen molar-refractivity contribution >= 4 is 34.4 Å². The average Bonchev–Trinajstić information content (AvgIpc) is 1.86. The molecule has 0 aliphatic heterocycles. The molecule has 0 aliphatic carbocycles. The molecule has 2 nitrogen and oxygen atoms in total. The fourth-order valence-electron chi connectivity index (χ4n) is 0.309. The molecule has 0 aromatic carbocycles. The second kappa shape index (κ2) is 3.09. The quantitative estimate of drug-likeness (QED) is 0.546. The van der Waals surface area contributed by atoms with E-state index in [4.69, 9.17) is 0 Å². The zero-order chi connectivity index (χ0) is 10.2. The van der Waals surface area contributed by atoms with E-state index in [1.807, 2.05) is 0 Å². The van der Waals surface area contributed by atoms with Gasteiger partial charge >= 0.3 is 11.8 Å². The van der Waals surface area contributed by atoms with Gasteiger partial charge in [0.1, 0.15) is 9.98 Å². The Morgan fingerprint density at radius 2 is 1.00 bits per heavy atom. The predicted molar refractivity (Wildman–Crippen MR) is 43.5 cm³/mol. The van der Waals surface area contributed by atoms with Gasteiger partial charge in [0.15, 0.2) is 0 Å². The highest BCUT2D eigenvalue weighted by atomic mass is 32.1. The number of rotatable bonds is 3. The Labute approximate surface area is 75.9 Å². The number of hydrogen-bond donors (Lipinski definition) is 2. The highest BCUT2D eigenvalue weighted by Gasteiger charge is 2.61. The molecule has 0 unspecified atom stereocenters. The number of alkyl halides is 4. The largest absolute Gasteiger partial charge is 0.388 e. The van der Waals surface area contributed by atoms with Crippen LogP contribution in [0.3, 0.4) is 0 Å². The summed E-state index contributed by atoms with van der Waals surface area (Å²) in [5.41, 5.74) is 8.76. The first-order valence-corrected chi connectivity index (χ1v) is 3.31. The smallest absolute Gasteiger partial charge is 0.365 e. The number of nitrogens with two attached hydrogens (primary N) is 2. The Morgan fingerprint density at radius 3 is 1.08 bits per heavy atom. The molecule has 0 aromatic rings. The lowest BCUT2D eigenvalue weighted by atomic mass is 10.2. The molecule has 0 rings (SSSR count). The Bertz CT molecular complexity index is 203. The Morgan fingerprint density at radius 1 is 0.833 bits per heavy atom. The van der Waals surface area contributed by atoms with Crippen LogP contribution in [0.5, 0.6) is 0 Å². The fourth-order valence-corrected chi connectivity index (χ4v) is 0.566. The maximum Gasteiger partial charge on any atom is 0.365 e. The van der Waals surface area contributed by atoms with Crippen molar-refractivity contribution in [3.05, 3.63) is 0 Å². The summed E-state index contributed by atoms with van der Waals surface area (Å²) in [6.45, 7) is 0. The molecule has 0 aliphatic rings. The van der Waals surface area contributed by atoms with E-state index < -0.39 is 21.8 Å². The highest BCUT2D eigenvalue weighted by Crippen LogP contribution is 2.34. The third-order valence-corrected chi connectivity index (χ3v) is 1.53. The van der Waals surface area contributed by atoms with Gasteiger partial charge in [-0.1, -0.05) is 24.4 Å². The lowest BCUT2D eigenvalue weighted by molar-refractivity contribution is -0.116. The summed E-state index contributed by atoms with van der Waals surface area (Å²) in [6, 6.07) is 0. The molecule has 12 heavy (non-hydrogen) atoms. The minimum Gasteiger partial charge on any atom is -0.388 e.